The fourth-order valence-electron chi connectivity index (χ4n) is 2.15. The van der Waals surface area contributed by atoms with E-state index in [1.54, 1.807) is 0 Å². The van der Waals surface area contributed by atoms with E-state index >= 15 is 0 Å². The zero-order valence-corrected chi connectivity index (χ0v) is 11.8. The highest BCUT2D eigenvalue weighted by molar-refractivity contribution is 5.81. The smallest absolute Gasteiger partial charge is 0.237 e. The van der Waals surface area contributed by atoms with Gasteiger partial charge in [0, 0.05) is 6.04 Å². The monoisotopic (exact) mass is 240 g/mol. The van der Waals surface area contributed by atoms with Crippen LogP contribution >= 0.6 is 0 Å². The van der Waals surface area contributed by atoms with E-state index in [0.717, 1.165) is 25.8 Å². The Balaban J connectivity index is 2.17. The van der Waals surface area contributed by atoms with Crippen LogP contribution in [-0.4, -0.2) is 24.5 Å². The van der Waals surface area contributed by atoms with Gasteiger partial charge >= 0.3 is 0 Å². The number of rotatable bonds is 5. The SMILES string of the molecule is CC(NCCC(C)(C)C)C(=O)NC1CCCC1. The molecule has 1 amide bonds. The summed E-state index contributed by atoms with van der Waals surface area (Å²) in [6.45, 7) is 9.52. The molecule has 0 heterocycles. The number of hydrogen-bond acceptors (Lipinski definition) is 2. The molecule has 0 aromatic carbocycles. The standard InChI is InChI=1S/C14H28N2O/c1-11(15-10-9-14(2,3)4)13(17)16-12-7-5-6-8-12/h11-12,15H,5-10H2,1-4H3,(H,16,17). The Hall–Kier alpha value is -0.570. The van der Waals surface area contributed by atoms with E-state index in [-0.39, 0.29) is 11.9 Å². The lowest BCUT2D eigenvalue weighted by molar-refractivity contribution is -0.123. The van der Waals surface area contributed by atoms with E-state index in [0.29, 0.717) is 11.5 Å². The molecule has 3 nitrogen and oxygen atoms in total. The van der Waals surface area contributed by atoms with Crippen molar-refractivity contribution >= 4 is 5.91 Å². The van der Waals surface area contributed by atoms with Crippen molar-refractivity contribution in [3.05, 3.63) is 0 Å². The molecule has 0 radical (unpaired) electrons. The number of carbonyl (C=O) groups excluding carboxylic acids is 1. The second-order valence-electron chi connectivity index (χ2n) is 6.48. The number of nitrogens with one attached hydrogen (secondary N) is 2. The molecule has 0 aliphatic heterocycles. The summed E-state index contributed by atoms with van der Waals surface area (Å²) < 4.78 is 0. The van der Waals surface area contributed by atoms with Crippen LogP contribution in [0.15, 0.2) is 0 Å². The third-order valence-electron chi connectivity index (χ3n) is 3.42. The van der Waals surface area contributed by atoms with Crippen LogP contribution in [0, 0.1) is 5.41 Å². The molecule has 1 fully saturated rings. The minimum absolute atomic E-state index is 0.0713. The Bertz CT molecular complexity index is 239. The van der Waals surface area contributed by atoms with Gasteiger partial charge in [-0.1, -0.05) is 33.6 Å². The summed E-state index contributed by atoms with van der Waals surface area (Å²) in [6.07, 6.45) is 5.92. The molecule has 0 spiro atoms. The molecule has 0 saturated heterocycles. The van der Waals surface area contributed by atoms with Gasteiger partial charge in [-0.05, 0) is 38.1 Å². The van der Waals surface area contributed by atoms with Crippen molar-refractivity contribution in [2.45, 2.75) is 71.9 Å². The number of amides is 1. The van der Waals surface area contributed by atoms with Crippen molar-refractivity contribution in [1.82, 2.24) is 10.6 Å². The summed E-state index contributed by atoms with van der Waals surface area (Å²) in [5, 5.41) is 6.43. The molecule has 0 bridgehead atoms. The quantitative estimate of drug-likeness (QED) is 0.775. The molecular weight excluding hydrogens is 212 g/mol. The lowest BCUT2D eigenvalue weighted by atomic mass is 9.92. The first kappa shape index (κ1) is 14.5. The van der Waals surface area contributed by atoms with Crippen molar-refractivity contribution in [2.24, 2.45) is 5.41 Å². The third kappa shape index (κ3) is 6.06. The summed E-state index contributed by atoms with van der Waals surface area (Å²) >= 11 is 0. The van der Waals surface area contributed by atoms with Gasteiger partial charge in [0.25, 0.3) is 0 Å². The predicted octanol–water partition coefficient (Wildman–Crippen LogP) is 2.46. The van der Waals surface area contributed by atoms with Gasteiger partial charge in [-0.25, -0.2) is 0 Å². The molecular formula is C14H28N2O. The fourth-order valence-corrected chi connectivity index (χ4v) is 2.15. The summed E-state index contributed by atoms with van der Waals surface area (Å²) in [4.78, 5) is 11.9. The van der Waals surface area contributed by atoms with E-state index in [4.69, 9.17) is 0 Å². The summed E-state index contributed by atoms with van der Waals surface area (Å²) in [5.41, 5.74) is 0.328. The molecule has 0 aromatic rings. The van der Waals surface area contributed by atoms with E-state index in [9.17, 15) is 4.79 Å². The number of carbonyl (C=O) groups is 1. The first-order valence-corrected chi connectivity index (χ1v) is 6.92. The van der Waals surface area contributed by atoms with Crippen LogP contribution in [0.25, 0.3) is 0 Å². The lowest BCUT2D eigenvalue weighted by Gasteiger charge is -2.21. The molecule has 2 N–H and O–H groups in total. The van der Waals surface area contributed by atoms with Gasteiger partial charge in [-0.2, -0.15) is 0 Å². The first-order chi connectivity index (χ1) is 7.88. The normalized spacial score (nSPS) is 19.3. The van der Waals surface area contributed by atoms with Crippen LogP contribution in [0.4, 0.5) is 0 Å². The largest absolute Gasteiger partial charge is 0.352 e. The highest BCUT2D eigenvalue weighted by Crippen LogP contribution is 2.18. The summed E-state index contributed by atoms with van der Waals surface area (Å²) in [7, 11) is 0. The van der Waals surface area contributed by atoms with E-state index in [1.807, 2.05) is 6.92 Å². The zero-order valence-electron chi connectivity index (χ0n) is 11.8. The van der Waals surface area contributed by atoms with Crippen molar-refractivity contribution in [1.29, 1.82) is 0 Å². The molecule has 3 heteroatoms. The van der Waals surface area contributed by atoms with Crippen molar-refractivity contribution in [3.63, 3.8) is 0 Å². The van der Waals surface area contributed by atoms with Gasteiger partial charge in [-0.3, -0.25) is 4.79 Å². The Labute approximate surface area is 106 Å². The molecule has 1 aliphatic carbocycles. The topological polar surface area (TPSA) is 41.1 Å². The molecule has 1 rings (SSSR count). The predicted molar refractivity (Wildman–Crippen MR) is 71.9 cm³/mol. The highest BCUT2D eigenvalue weighted by atomic mass is 16.2. The Morgan fingerprint density at radius 3 is 2.41 bits per heavy atom. The molecule has 1 saturated carbocycles. The highest BCUT2D eigenvalue weighted by Gasteiger charge is 2.20. The van der Waals surface area contributed by atoms with Crippen LogP contribution in [-0.2, 0) is 4.79 Å². The van der Waals surface area contributed by atoms with Gasteiger partial charge < -0.3 is 10.6 Å². The zero-order chi connectivity index (χ0) is 12.9. The molecule has 17 heavy (non-hydrogen) atoms. The van der Waals surface area contributed by atoms with E-state index in [1.165, 1.54) is 12.8 Å². The third-order valence-corrected chi connectivity index (χ3v) is 3.42. The van der Waals surface area contributed by atoms with Crippen molar-refractivity contribution in [3.8, 4) is 0 Å². The Kier molecular flexibility index (Phi) is 5.44. The van der Waals surface area contributed by atoms with Gasteiger partial charge in [0.1, 0.15) is 0 Å². The Morgan fingerprint density at radius 1 is 1.29 bits per heavy atom. The van der Waals surface area contributed by atoms with Crippen molar-refractivity contribution < 1.29 is 4.79 Å². The van der Waals surface area contributed by atoms with Gasteiger partial charge in [0.15, 0.2) is 0 Å². The van der Waals surface area contributed by atoms with Crippen LogP contribution in [0.5, 0.6) is 0 Å². The maximum atomic E-state index is 11.9. The summed E-state index contributed by atoms with van der Waals surface area (Å²) in [6, 6.07) is 0.354. The maximum absolute atomic E-state index is 11.9. The van der Waals surface area contributed by atoms with Gasteiger partial charge in [-0.15, -0.1) is 0 Å². The van der Waals surface area contributed by atoms with E-state index in [2.05, 4.69) is 31.4 Å². The van der Waals surface area contributed by atoms with Crippen LogP contribution in [0.2, 0.25) is 0 Å². The molecule has 0 aromatic heterocycles. The van der Waals surface area contributed by atoms with Gasteiger partial charge in [0.2, 0.25) is 5.91 Å². The molecule has 1 atom stereocenters. The minimum atomic E-state index is -0.0713. The number of hydrogen-bond donors (Lipinski definition) is 2. The van der Waals surface area contributed by atoms with E-state index < -0.39 is 0 Å². The Morgan fingerprint density at radius 2 is 1.88 bits per heavy atom. The van der Waals surface area contributed by atoms with Crippen molar-refractivity contribution in [2.75, 3.05) is 6.54 Å². The molecule has 1 unspecified atom stereocenters. The lowest BCUT2D eigenvalue weighted by Crippen LogP contribution is -2.46. The second-order valence-corrected chi connectivity index (χ2v) is 6.48. The molecule has 1 aliphatic rings. The minimum Gasteiger partial charge on any atom is -0.352 e. The fraction of sp³-hybridized carbons (Fsp3) is 0.929. The molecule has 100 valence electrons. The summed E-state index contributed by atoms with van der Waals surface area (Å²) in [5.74, 6) is 0.158. The average molecular weight is 240 g/mol. The van der Waals surface area contributed by atoms with Crippen LogP contribution in [0.1, 0.15) is 59.8 Å². The average Bonchev–Trinajstić information content (AvgIpc) is 2.68. The van der Waals surface area contributed by atoms with Crippen LogP contribution < -0.4 is 10.6 Å². The van der Waals surface area contributed by atoms with Gasteiger partial charge in [0.05, 0.1) is 6.04 Å². The second kappa shape index (κ2) is 6.39. The first-order valence-electron chi connectivity index (χ1n) is 6.92. The van der Waals surface area contributed by atoms with Crippen LogP contribution in [0.3, 0.4) is 0 Å². The maximum Gasteiger partial charge on any atom is 0.237 e.